The highest BCUT2D eigenvalue weighted by atomic mass is 35.5. The zero-order chi connectivity index (χ0) is 7.68. The Morgan fingerprint density at radius 3 is 3.18 bits per heavy atom. The number of fused-ring (bicyclic) bond motifs is 1. The van der Waals surface area contributed by atoms with E-state index in [1.807, 2.05) is 12.1 Å². The SMILES string of the molecule is ClCc1nnc2cccnn12. The summed E-state index contributed by atoms with van der Waals surface area (Å²) in [5.74, 6) is 1.00. The van der Waals surface area contributed by atoms with E-state index in [4.69, 9.17) is 11.6 Å². The number of hydrogen-bond donors (Lipinski definition) is 0. The second kappa shape index (κ2) is 2.47. The molecular formula is C6H5ClN4. The van der Waals surface area contributed by atoms with Crippen molar-refractivity contribution < 1.29 is 0 Å². The van der Waals surface area contributed by atoms with Gasteiger partial charge in [0.15, 0.2) is 11.5 Å². The zero-order valence-electron chi connectivity index (χ0n) is 5.61. The second-order valence-corrected chi connectivity index (χ2v) is 2.31. The van der Waals surface area contributed by atoms with Crippen LogP contribution in [0.25, 0.3) is 5.65 Å². The van der Waals surface area contributed by atoms with Crippen molar-refractivity contribution in [3.63, 3.8) is 0 Å². The lowest BCUT2D eigenvalue weighted by molar-refractivity contribution is 0.864. The van der Waals surface area contributed by atoms with Gasteiger partial charge in [0, 0.05) is 6.20 Å². The monoisotopic (exact) mass is 168 g/mol. The van der Waals surface area contributed by atoms with Crippen molar-refractivity contribution in [2.45, 2.75) is 5.88 Å². The van der Waals surface area contributed by atoms with Crippen LogP contribution >= 0.6 is 11.6 Å². The van der Waals surface area contributed by atoms with Gasteiger partial charge < -0.3 is 0 Å². The van der Waals surface area contributed by atoms with Crippen LogP contribution in [0.5, 0.6) is 0 Å². The average Bonchev–Trinajstić information content (AvgIpc) is 2.47. The molecule has 5 heteroatoms. The van der Waals surface area contributed by atoms with Crippen molar-refractivity contribution in [3.05, 3.63) is 24.2 Å². The summed E-state index contributed by atoms with van der Waals surface area (Å²) in [6, 6.07) is 3.64. The number of hydrogen-bond acceptors (Lipinski definition) is 3. The summed E-state index contributed by atoms with van der Waals surface area (Å²) in [7, 11) is 0. The predicted octanol–water partition coefficient (Wildman–Crippen LogP) is 0.863. The number of alkyl halides is 1. The summed E-state index contributed by atoms with van der Waals surface area (Å²) in [5, 5.41) is 11.7. The van der Waals surface area contributed by atoms with Gasteiger partial charge in [0.1, 0.15) is 0 Å². The molecule has 0 saturated carbocycles. The van der Waals surface area contributed by atoms with Gasteiger partial charge in [-0.2, -0.15) is 9.61 Å². The third kappa shape index (κ3) is 0.952. The van der Waals surface area contributed by atoms with Crippen LogP contribution in [0, 0.1) is 0 Å². The lowest BCUT2D eigenvalue weighted by Gasteiger charge is -1.90. The van der Waals surface area contributed by atoms with Crippen LogP contribution in [0.4, 0.5) is 0 Å². The standard InChI is InChI=1S/C6H5ClN4/c7-4-6-10-9-5-2-1-3-8-11(5)6/h1-3H,4H2. The van der Waals surface area contributed by atoms with E-state index in [1.165, 1.54) is 0 Å². The molecule has 2 aromatic rings. The van der Waals surface area contributed by atoms with E-state index in [-0.39, 0.29) is 0 Å². The second-order valence-electron chi connectivity index (χ2n) is 2.04. The Labute approximate surface area is 67.8 Å². The summed E-state index contributed by atoms with van der Waals surface area (Å²) in [4.78, 5) is 0. The Morgan fingerprint density at radius 1 is 1.45 bits per heavy atom. The summed E-state index contributed by atoms with van der Waals surface area (Å²) >= 11 is 5.58. The molecule has 11 heavy (non-hydrogen) atoms. The molecule has 56 valence electrons. The first-order valence-corrected chi connectivity index (χ1v) is 3.66. The van der Waals surface area contributed by atoms with Crippen LogP contribution in [0.2, 0.25) is 0 Å². The maximum atomic E-state index is 5.58. The summed E-state index contributed by atoms with van der Waals surface area (Å²) in [6.07, 6.45) is 1.67. The molecule has 0 saturated heterocycles. The van der Waals surface area contributed by atoms with Gasteiger partial charge in [-0.05, 0) is 12.1 Å². The summed E-state index contributed by atoms with van der Waals surface area (Å²) < 4.78 is 1.62. The first kappa shape index (κ1) is 6.54. The third-order valence-corrected chi connectivity index (χ3v) is 1.60. The molecule has 0 radical (unpaired) electrons. The van der Waals surface area contributed by atoms with Gasteiger partial charge in [-0.25, -0.2) is 0 Å². The normalized spacial score (nSPS) is 10.6. The van der Waals surface area contributed by atoms with Gasteiger partial charge in [-0.1, -0.05) is 0 Å². The van der Waals surface area contributed by atoms with Crippen LogP contribution in [0.15, 0.2) is 18.3 Å². The molecule has 0 spiro atoms. The van der Waals surface area contributed by atoms with E-state index in [9.17, 15) is 0 Å². The Bertz CT molecular complexity index is 369. The fourth-order valence-electron chi connectivity index (χ4n) is 0.873. The molecule has 2 rings (SSSR count). The van der Waals surface area contributed by atoms with Crippen LogP contribution in [-0.4, -0.2) is 19.8 Å². The van der Waals surface area contributed by atoms with Gasteiger partial charge >= 0.3 is 0 Å². The van der Waals surface area contributed by atoms with Crippen molar-refractivity contribution in [3.8, 4) is 0 Å². The molecule has 0 aromatic carbocycles. The lowest BCUT2D eigenvalue weighted by Crippen LogP contribution is -1.94. The Morgan fingerprint density at radius 2 is 2.36 bits per heavy atom. The maximum absolute atomic E-state index is 5.58. The van der Waals surface area contributed by atoms with E-state index in [1.54, 1.807) is 10.7 Å². The number of halogens is 1. The molecule has 4 nitrogen and oxygen atoms in total. The highest BCUT2D eigenvalue weighted by Crippen LogP contribution is 2.01. The van der Waals surface area contributed by atoms with Crippen molar-refractivity contribution in [1.29, 1.82) is 0 Å². The Balaban J connectivity index is 2.76. The van der Waals surface area contributed by atoms with Crippen molar-refractivity contribution in [2.24, 2.45) is 0 Å². The predicted molar refractivity (Wildman–Crippen MR) is 40.3 cm³/mol. The first-order valence-electron chi connectivity index (χ1n) is 3.13. The molecule has 0 unspecified atom stereocenters. The minimum atomic E-state index is 0.332. The van der Waals surface area contributed by atoms with Crippen molar-refractivity contribution >= 4 is 17.2 Å². The molecule has 0 atom stereocenters. The highest BCUT2D eigenvalue weighted by molar-refractivity contribution is 6.16. The van der Waals surface area contributed by atoms with Crippen LogP contribution in [0.3, 0.4) is 0 Å². The molecule has 0 aliphatic carbocycles. The third-order valence-electron chi connectivity index (χ3n) is 1.36. The highest BCUT2D eigenvalue weighted by Gasteiger charge is 2.01. The van der Waals surface area contributed by atoms with E-state index >= 15 is 0 Å². The minimum absolute atomic E-state index is 0.332. The van der Waals surface area contributed by atoms with Crippen LogP contribution < -0.4 is 0 Å². The summed E-state index contributed by atoms with van der Waals surface area (Å²) in [6.45, 7) is 0. The lowest BCUT2D eigenvalue weighted by atomic mass is 10.5. The van der Waals surface area contributed by atoms with E-state index in [2.05, 4.69) is 15.3 Å². The Hall–Kier alpha value is -1.16. The maximum Gasteiger partial charge on any atom is 0.177 e. The number of aromatic nitrogens is 4. The topological polar surface area (TPSA) is 43.1 Å². The minimum Gasteiger partial charge on any atom is -0.196 e. The molecule has 0 bridgehead atoms. The fourth-order valence-corrected chi connectivity index (χ4v) is 1.04. The van der Waals surface area contributed by atoms with Gasteiger partial charge in [-0.15, -0.1) is 21.8 Å². The van der Waals surface area contributed by atoms with E-state index in [0.29, 0.717) is 11.7 Å². The zero-order valence-corrected chi connectivity index (χ0v) is 6.36. The Kier molecular flexibility index (Phi) is 1.47. The number of rotatable bonds is 1. The van der Waals surface area contributed by atoms with E-state index in [0.717, 1.165) is 5.65 Å². The molecule has 0 fully saturated rings. The molecular weight excluding hydrogens is 164 g/mol. The van der Waals surface area contributed by atoms with Gasteiger partial charge in [0.05, 0.1) is 5.88 Å². The van der Waals surface area contributed by atoms with Gasteiger partial charge in [0.2, 0.25) is 0 Å². The van der Waals surface area contributed by atoms with Gasteiger partial charge in [-0.3, -0.25) is 0 Å². The molecule has 0 N–H and O–H groups in total. The molecule has 2 heterocycles. The quantitative estimate of drug-likeness (QED) is 0.594. The van der Waals surface area contributed by atoms with Crippen molar-refractivity contribution in [2.75, 3.05) is 0 Å². The van der Waals surface area contributed by atoms with Gasteiger partial charge in [0.25, 0.3) is 0 Å². The van der Waals surface area contributed by atoms with Crippen LogP contribution in [0.1, 0.15) is 5.82 Å². The molecule has 0 aliphatic heterocycles. The smallest absolute Gasteiger partial charge is 0.177 e. The van der Waals surface area contributed by atoms with Crippen molar-refractivity contribution in [1.82, 2.24) is 19.8 Å². The average molecular weight is 169 g/mol. The van der Waals surface area contributed by atoms with E-state index < -0.39 is 0 Å². The fraction of sp³-hybridized carbons (Fsp3) is 0.167. The molecule has 0 aliphatic rings. The number of nitrogens with zero attached hydrogens (tertiary/aromatic N) is 4. The summed E-state index contributed by atoms with van der Waals surface area (Å²) in [5.41, 5.74) is 0.725. The molecule has 0 amide bonds. The molecule has 2 aromatic heterocycles. The van der Waals surface area contributed by atoms with Crippen LogP contribution in [-0.2, 0) is 5.88 Å². The largest absolute Gasteiger partial charge is 0.196 e. The first-order chi connectivity index (χ1) is 5.42.